The first-order chi connectivity index (χ1) is 7.86. The standard InChI is InChI=1S/C12H12F4O/c1-6-8(13)10(15)7(11(16)9(6)14)3-12(2)4-17-5-12/h3-5H2,1-2H3. The molecular weight excluding hydrogens is 236 g/mol. The molecule has 1 heterocycles. The zero-order valence-corrected chi connectivity index (χ0v) is 9.54. The van der Waals surface area contributed by atoms with Crippen molar-refractivity contribution in [3.63, 3.8) is 0 Å². The van der Waals surface area contributed by atoms with E-state index < -0.39 is 39.8 Å². The van der Waals surface area contributed by atoms with Gasteiger partial charge in [-0.05, 0) is 13.3 Å². The Labute approximate surface area is 96.4 Å². The van der Waals surface area contributed by atoms with E-state index in [0.29, 0.717) is 13.2 Å². The first-order valence-electron chi connectivity index (χ1n) is 5.25. The van der Waals surface area contributed by atoms with Crippen LogP contribution in [0.4, 0.5) is 17.6 Å². The monoisotopic (exact) mass is 248 g/mol. The number of benzene rings is 1. The molecule has 0 aromatic heterocycles. The highest BCUT2D eigenvalue weighted by atomic mass is 19.2. The Kier molecular flexibility index (Phi) is 2.89. The van der Waals surface area contributed by atoms with Crippen LogP contribution in [-0.2, 0) is 11.2 Å². The molecule has 17 heavy (non-hydrogen) atoms. The molecule has 0 unspecified atom stereocenters. The number of hydrogen-bond acceptors (Lipinski definition) is 1. The molecular formula is C12H12F4O. The second-order valence-electron chi connectivity index (χ2n) is 4.84. The average Bonchev–Trinajstić information content (AvgIpc) is 2.27. The molecule has 0 bridgehead atoms. The maximum atomic E-state index is 13.6. The Bertz CT molecular complexity index is 437. The summed E-state index contributed by atoms with van der Waals surface area (Å²) >= 11 is 0. The quantitative estimate of drug-likeness (QED) is 0.577. The van der Waals surface area contributed by atoms with E-state index in [0.717, 1.165) is 6.92 Å². The lowest BCUT2D eigenvalue weighted by Crippen LogP contribution is -2.42. The second-order valence-corrected chi connectivity index (χ2v) is 4.84. The van der Waals surface area contributed by atoms with Crippen LogP contribution in [0.5, 0.6) is 0 Å². The van der Waals surface area contributed by atoms with E-state index in [1.165, 1.54) is 0 Å². The van der Waals surface area contributed by atoms with Crippen LogP contribution < -0.4 is 0 Å². The summed E-state index contributed by atoms with van der Waals surface area (Å²) in [5.41, 5.74) is -1.61. The molecule has 0 spiro atoms. The van der Waals surface area contributed by atoms with Gasteiger partial charge in [0.2, 0.25) is 0 Å². The minimum atomic E-state index is -1.32. The van der Waals surface area contributed by atoms with E-state index in [1.54, 1.807) is 6.92 Å². The summed E-state index contributed by atoms with van der Waals surface area (Å²) in [7, 11) is 0. The van der Waals surface area contributed by atoms with Gasteiger partial charge in [-0.15, -0.1) is 0 Å². The van der Waals surface area contributed by atoms with Crippen molar-refractivity contribution < 1.29 is 22.3 Å². The zero-order valence-electron chi connectivity index (χ0n) is 9.54. The number of halogens is 4. The van der Waals surface area contributed by atoms with Gasteiger partial charge in [-0.3, -0.25) is 0 Å². The molecule has 1 aromatic carbocycles. The summed E-state index contributed by atoms with van der Waals surface area (Å²) in [6.45, 7) is 3.44. The van der Waals surface area contributed by atoms with Crippen LogP contribution in [0, 0.1) is 35.6 Å². The van der Waals surface area contributed by atoms with Crippen LogP contribution in [0.1, 0.15) is 18.1 Å². The Morgan fingerprint density at radius 1 is 1.00 bits per heavy atom. The molecule has 0 saturated carbocycles. The Balaban J connectivity index is 2.46. The van der Waals surface area contributed by atoms with E-state index in [1.807, 2.05) is 0 Å². The van der Waals surface area contributed by atoms with Crippen molar-refractivity contribution in [2.75, 3.05) is 13.2 Å². The lowest BCUT2D eigenvalue weighted by atomic mass is 9.81. The molecule has 94 valence electrons. The average molecular weight is 248 g/mol. The topological polar surface area (TPSA) is 9.23 Å². The molecule has 1 aliphatic rings. The van der Waals surface area contributed by atoms with E-state index in [9.17, 15) is 17.6 Å². The summed E-state index contributed by atoms with van der Waals surface area (Å²) in [6, 6.07) is 0. The third-order valence-corrected chi connectivity index (χ3v) is 3.08. The van der Waals surface area contributed by atoms with Crippen molar-refractivity contribution in [3.05, 3.63) is 34.4 Å². The van der Waals surface area contributed by atoms with Gasteiger partial charge < -0.3 is 4.74 Å². The van der Waals surface area contributed by atoms with Crippen molar-refractivity contribution in [1.82, 2.24) is 0 Å². The maximum Gasteiger partial charge on any atom is 0.165 e. The zero-order chi connectivity index (χ0) is 12.8. The van der Waals surface area contributed by atoms with Crippen molar-refractivity contribution in [2.45, 2.75) is 20.3 Å². The third kappa shape index (κ3) is 1.92. The second kappa shape index (κ2) is 3.98. The van der Waals surface area contributed by atoms with Crippen molar-refractivity contribution in [3.8, 4) is 0 Å². The molecule has 0 amide bonds. The van der Waals surface area contributed by atoms with Gasteiger partial charge in [0.1, 0.15) is 0 Å². The molecule has 1 fully saturated rings. The van der Waals surface area contributed by atoms with Crippen molar-refractivity contribution in [2.24, 2.45) is 5.41 Å². The Morgan fingerprint density at radius 3 is 1.82 bits per heavy atom. The van der Waals surface area contributed by atoms with E-state index in [2.05, 4.69) is 0 Å². The van der Waals surface area contributed by atoms with Crippen LogP contribution in [0.15, 0.2) is 0 Å². The van der Waals surface area contributed by atoms with Gasteiger partial charge >= 0.3 is 0 Å². The predicted molar refractivity (Wildman–Crippen MR) is 53.6 cm³/mol. The summed E-state index contributed by atoms with van der Waals surface area (Å²) < 4.78 is 58.7. The van der Waals surface area contributed by atoms with Gasteiger partial charge in [0.25, 0.3) is 0 Å². The minimum Gasteiger partial charge on any atom is -0.380 e. The van der Waals surface area contributed by atoms with Crippen LogP contribution in [0.25, 0.3) is 0 Å². The van der Waals surface area contributed by atoms with Gasteiger partial charge in [-0.25, -0.2) is 17.6 Å². The highest BCUT2D eigenvalue weighted by molar-refractivity contribution is 5.30. The van der Waals surface area contributed by atoms with Gasteiger partial charge in [0.05, 0.1) is 13.2 Å². The smallest absolute Gasteiger partial charge is 0.165 e. The molecule has 1 saturated heterocycles. The van der Waals surface area contributed by atoms with Crippen LogP contribution in [-0.4, -0.2) is 13.2 Å². The van der Waals surface area contributed by atoms with E-state index >= 15 is 0 Å². The fraction of sp³-hybridized carbons (Fsp3) is 0.500. The normalized spacial score (nSPS) is 18.0. The fourth-order valence-electron chi connectivity index (χ4n) is 1.92. The third-order valence-electron chi connectivity index (χ3n) is 3.08. The number of rotatable bonds is 2. The lowest BCUT2D eigenvalue weighted by molar-refractivity contribution is -0.101. The number of ether oxygens (including phenoxy) is 1. The molecule has 2 rings (SSSR count). The molecule has 1 aliphatic heterocycles. The van der Waals surface area contributed by atoms with Crippen molar-refractivity contribution >= 4 is 0 Å². The molecule has 5 heteroatoms. The molecule has 0 atom stereocenters. The molecule has 0 aliphatic carbocycles. The van der Waals surface area contributed by atoms with Gasteiger partial charge in [0.15, 0.2) is 23.3 Å². The fourth-order valence-corrected chi connectivity index (χ4v) is 1.92. The van der Waals surface area contributed by atoms with Gasteiger partial charge in [-0.1, -0.05) is 6.92 Å². The highest BCUT2D eigenvalue weighted by Crippen LogP contribution is 2.34. The molecule has 1 aromatic rings. The predicted octanol–water partition coefficient (Wildman–Crippen LogP) is 3.13. The minimum absolute atomic E-state index is 0.0706. The molecule has 0 N–H and O–H groups in total. The maximum absolute atomic E-state index is 13.6. The summed E-state index contributed by atoms with van der Waals surface area (Å²) in [6.07, 6.45) is -0.0706. The van der Waals surface area contributed by atoms with Gasteiger partial charge in [0, 0.05) is 16.5 Å². The SMILES string of the molecule is Cc1c(F)c(F)c(CC2(C)COC2)c(F)c1F. The largest absolute Gasteiger partial charge is 0.380 e. The number of hydrogen-bond donors (Lipinski definition) is 0. The van der Waals surface area contributed by atoms with E-state index in [4.69, 9.17) is 4.74 Å². The summed E-state index contributed by atoms with van der Waals surface area (Å²) in [4.78, 5) is 0. The van der Waals surface area contributed by atoms with Crippen LogP contribution in [0.2, 0.25) is 0 Å². The molecule has 0 radical (unpaired) electrons. The lowest BCUT2D eigenvalue weighted by Gasteiger charge is -2.38. The van der Waals surface area contributed by atoms with Gasteiger partial charge in [-0.2, -0.15) is 0 Å². The first kappa shape index (κ1) is 12.4. The Morgan fingerprint density at radius 2 is 1.47 bits per heavy atom. The Hall–Kier alpha value is -1.10. The van der Waals surface area contributed by atoms with Crippen LogP contribution in [0.3, 0.4) is 0 Å². The molecule has 1 nitrogen and oxygen atoms in total. The highest BCUT2D eigenvalue weighted by Gasteiger charge is 2.36. The van der Waals surface area contributed by atoms with Crippen LogP contribution >= 0.6 is 0 Å². The van der Waals surface area contributed by atoms with E-state index in [-0.39, 0.29) is 6.42 Å². The van der Waals surface area contributed by atoms with Crippen molar-refractivity contribution in [1.29, 1.82) is 0 Å². The summed E-state index contributed by atoms with van der Waals surface area (Å²) in [5, 5.41) is 0. The summed E-state index contributed by atoms with van der Waals surface area (Å²) in [5.74, 6) is -5.23. The first-order valence-corrected chi connectivity index (χ1v) is 5.25.